The van der Waals surface area contributed by atoms with E-state index >= 15 is 0 Å². The topological polar surface area (TPSA) is 95.1 Å². The molecule has 8 nitrogen and oxygen atoms in total. The van der Waals surface area contributed by atoms with E-state index in [0.717, 1.165) is 21.3 Å². The molecule has 0 radical (unpaired) electrons. The van der Waals surface area contributed by atoms with Crippen LogP contribution in [0.4, 0.5) is 14.5 Å². The lowest BCUT2D eigenvalue weighted by Gasteiger charge is -2.12. The Kier molecular flexibility index (Phi) is 6.01. The smallest absolute Gasteiger partial charge is 0.322 e. The fraction of sp³-hybridized carbons (Fsp3) is 0.176. The van der Waals surface area contributed by atoms with Gasteiger partial charge in [-0.3, -0.25) is 4.79 Å². The van der Waals surface area contributed by atoms with Crippen molar-refractivity contribution in [2.24, 2.45) is 0 Å². The Bertz CT molecular complexity index is 1030. The second-order valence-corrected chi connectivity index (χ2v) is 5.40. The minimum Gasteiger partial charge on any atom is -0.322 e. The molecular weight excluding hydrogens is 362 g/mol. The summed E-state index contributed by atoms with van der Waals surface area (Å²) < 4.78 is 28.5. The van der Waals surface area contributed by atoms with Crippen LogP contribution in [-0.4, -0.2) is 19.6 Å². The Morgan fingerprint density at radius 2 is 1.48 bits per heavy atom. The molecular formula is C17H16F2N4O4. The van der Waals surface area contributed by atoms with E-state index < -0.39 is 41.2 Å². The van der Waals surface area contributed by atoms with Crippen LogP contribution < -0.4 is 22.4 Å². The monoisotopic (exact) mass is 378 g/mol. The number of anilines is 1. The summed E-state index contributed by atoms with van der Waals surface area (Å²) in [6, 6.07) is 2.51. The molecule has 0 fully saturated rings. The van der Waals surface area contributed by atoms with Crippen molar-refractivity contribution in [1.29, 1.82) is 0 Å². The summed E-state index contributed by atoms with van der Waals surface area (Å²) in [6.07, 6.45) is 2.56. The normalized spacial score (nSPS) is 10.4. The van der Waals surface area contributed by atoms with Crippen molar-refractivity contribution in [2.45, 2.75) is 19.6 Å². The highest BCUT2D eigenvalue weighted by atomic mass is 19.1. The molecule has 0 atom stereocenters. The third kappa shape index (κ3) is 4.17. The molecule has 0 aliphatic heterocycles. The summed E-state index contributed by atoms with van der Waals surface area (Å²) in [5, 5.41) is 2.14. The van der Waals surface area contributed by atoms with Gasteiger partial charge >= 0.3 is 17.1 Å². The summed E-state index contributed by atoms with van der Waals surface area (Å²) in [4.78, 5) is 49.2. The third-order valence-electron chi connectivity index (χ3n) is 3.52. The van der Waals surface area contributed by atoms with E-state index in [0.29, 0.717) is 10.6 Å². The number of allylic oxidation sites excluding steroid dienone is 2. The van der Waals surface area contributed by atoms with Gasteiger partial charge in [0.25, 0.3) is 0 Å². The highest BCUT2D eigenvalue weighted by molar-refractivity contribution is 5.90. The van der Waals surface area contributed by atoms with Crippen LogP contribution in [0.15, 0.2) is 57.9 Å². The fourth-order valence-corrected chi connectivity index (χ4v) is 2.31. The number of carbonyl (C=O) groups excluding carboxylic acids is 1. The maximum atomic E-state index is 13.6. The molecule has 0 spiro atoms. The van der Waals surface area contributed by atoms with Gasteiger partial charge < -0.3 is 5.32 Å². The molecule has 0 unspecified atom stereocenters. The highest BCUT2D eigenvalue weighted by Gasteiger charge is 2.17. The Morgan fingerprint density at radius 3 is 1.96 bits per heavy atom. The predicted octanol–water partition coefficient (Wildman–Crippen LogP) is 0.461. The number of benzene rings is 1. The van der Waals surface area contributed by atoms with Crippen LogP contribution >= 0.6 is 0 Å². The predicted molar refractivity (Wildman–Crippen MR) is 94.6 cm³/mol. The maximum Gasteiger partial charge on any atom is 0.337 e. The maximum absolute atomic E-state index is 13.6. The molecule has 0 aliphatic carbocycles. The zero-order valence-corrected chi connectivity index (χ0v) is 14.2. The van der Waals surface area contributed by atoms with Crippen molar-refractivity contribution >= 4 is 11.6 Å². The van der Waals surface area contributed by atoms with E-state index in [1.807, 2.05) is 0 Å². The Balaban J connectivity index is 2.45. The van der Waals surface area contributed by atoms with Gasteiger partial charge in [-0.25, -0.2) is 36.9 Å². The van der Waals surface area contributed by atoms with Gasteiger partial charge in [0, 0.05) is 6.07 Å². The molecule has 27 heavy (non-hydrogen) atoms. The summed E-state index contributed by atoms with van der Waals surface area (Å²) in [5.74, 6) is -2.75. The summed E-state index contributed by atoms with van der Waals surface area (Å²) in [5.41, 5.74) is -3.22. The molecule has 142 valence electrons. The number of hydrogen-bond acceptors (Lipinski definition) is 4. The quantitative estimate of drug-likeness (QED) is 0.708. The van der Waals surface area contributed by atoms with E-state index in [2.05, 4.69) is 18.5 Å². The molecule has 10 heteroatoms. The van der Waals surface area contributed by atoms with Gasteiger partial charge in [0.05, 0.1) is 18.8 Å². The van der Waals surface area contributed by atoms with E-state index in [9.17, 15) is 28.0 Å². The molecule has 1 aromatic heterocycles. The molecule has 0 bridgehead atoms. The van der Waals surface area contributed by atoms with Crippen LogP contribution in [0, 0.1) is 11.6 Å². The molecule has 1 aromatic carbocycles. The number of rotatable bonds is 7. The largest absolute Gasteiger partial charge is 0.337 e. The SMILES string of the molecule is C=CCn1c(=O)n(CC=C)c(=O)n(CC(=O)Nc2ccc(F)cc2F)c1=O. The lowest BCUT2D eigenvalue weighted by Crippen LogP contribution is -2.55. The van der Waals surface area contributed by atoms with Crippen molar-refractivity contribution in [3.8, 4) is 0 Å². The molecule has 0 aliphatic rings. The van der Waals surface area contributed by atoms with Crippen molar-refractivity contribution in [1.82, 2.24) is 13.7 Å². The average molecular weight is 378 g/mol. The van der Waals surface area contributed by atoms with Crippen LogP contribution in [0.2, 0.25) is 0 Å². The van der Waals surface area contributed by atoms with E-state index in [4.69, 9.17) is 0 Å². The minimum absolute atomic E-state index is 0.177. The van der Waals surface area contributed by atoms with Crippen molar-refractivity contribution in [3.63, 3.8) is 0 Å². The van der Waals surface area contributed by atoms with Gasteiger partial charge in [-0.05, 0) is 12.1 Å². The standard InChI is InChI=1S/C17H16F2N4O4/c1-3-7-21-15(25)22(8-4-2)17(27)23(16(21)26)10-14(24)20-13-6-5-11(18)9-12(13)19/h3-6,9H,1-2,7-8,10H2,(H,20,24). The lowest BCUT2D eigenvalue weighted by atomic mass is 10.3. The second-order valence-electron chi connectivity index (χ2n) is 5.40. The van der Waals surface area contributed by atoms with E-state index in [1.165, 1.54) is 12.2 Å². The Hall–Kier alpha value is -3.56. The summed E-state index contributed by atoms with van der Waals surface area (Å²) in [6.45, 7) is 5.74. The molecule has 1 amide bonds. The third-order valence-corrected chi connectivity index (χ3v) is 3.52. The minimum atomic E-state index is -1.02. The van der Waals surface area contributed by atoms with Crippen LogP contribution in [0.25, 0.3) is 0 Å². The van der Waals surface area contributed by atoms with Crippen LogP contribution in [0.3, 0.4) is 0 Å². The number of carbonyl (C=O) groups is 1. The molecule has 0 saturated heterocycles. The van der Waals surface area contributed by atoms with Gasteiger partial charge in [0.1, 0.15) is 18.2 Å². The first kappa shape index (κ1) is 19.8. The van der Waals surface area contributed by atoms with Gasteiger partial charge in [-0.2, -0.15) is 0 Å². The molecule has 2 aromatic rings. The fourth-order valence-electron chi connectivity index (χ4n) is 2.31. The number of aromatic nitrogens is 3. The summed E-state index contributed by atoms with van der Waals surface area (Å²) in [7, 11) is 0. The van der Waals surface area contributed by atoms with Crippen molar-refractivity contribution < 1.29 is 13.6 Å². The van der Waals surface area contributed by atoms with E-state index in [1.54, 1.807) is 0 Å². The zero-order valence-electron chi connectivity index (χ0n) is 14.2. The van der Waals surface area contributed by atoms with Crippen molar-refractivity contribution in [2.75, 3.05) is 5.32 Å². The van der Waals surface area contributed by atoms with E-state index in [-0.39, 0.29) is 18.8 Å². The Labute approximate surface area is 151 Å². The number of halogens is 2. The van der Waals surface area contributed by atoms with Crippen LogP contribution in [0.5, 0.6) is 0 Å². The van der Waals surface area contributed by atoms with Crippen molar-refractivity contribution in [3.05, 3.63) is 86.6 Å². The molecule has 2 rings (SSSR count). The van der Waals surface area contributed by atoms with Crippen LogP contribution in [0.1, 0.15) is 0 Å². The average Bonchev–Trinajstić information content (AvgIpc) is 2.62. The number of nitrogens with one attached hydrogen (secondary N) is 1. The molecule has 1 N–H and O–H groups in total. The first-order valence-corrected chi connectivity index (χ1v) is 7.71. The number of amides is 1. The highest BCUT2D eigenvalue weighted by Crippen LogP contribution is 2.14. The van der Waals surface area contributed by atoms with Gasteiger partial charge in [-0.15, -0.1) is 13.2 Å². The molecule has 1 heterocycles. The summed E-state index contributed by atoms with van der Waals surface area (Å²) >= 11 is 0. The Morgan fingerprint density at radius 1 is 0.963 bits per heavy atom. The van der Waals surface area contributed by atoms with Crippen LogP contribution in [-0.2, 0) is 24.4 Å². The second kappa shape index (κ2) is 8.21. The van der Waals surface area contributed by atoms with Gasteiger partial charge in [0.2, 0.25) is 5.91 Å². The van der Waals surface area contributed by atoms with Gasteiger partial charge in [0.15, 0.2) is 0 Å². The number of hydrogen-bond donors (Lipinski definition) is 1. The van der Waals surface area contributed by atoms with Gasteiger partial charge in [-0.1, -0.05) is 12.2 Å². The zero-order chi connectivity index (χ0) is 20.1. The molecule has 0 saturated carbocycles. The number of nitrogens with zero attached hydrogens (tertiary/aromatic N) is 3. The lowest BCUT2D eigenvalue weighted by molar-refractivity contribution is -0.116. The first-order chi connectivity index (χ1) is 12.8. The first-order valence-electron chi connectivity index (χ1n) is 7.71.